The Labute approximate surface area is 105 Å². The SMILES string of the molecule is CCNCCC(C)(C)Cc1cccc(OC)c1. The average Bonchev–Trinajstić information content (AvgIpc) is 2.29. The van der Waals surface area contributed by atoms with Gasteiger partial charge in [-0.25, -0.2) is 0 Å². The first-order valence-electron chi connectivity index (χ1n) is 6.41. The Morgan fingerprint density at radius 3 is 2.71 bits per heavy atom. The highest BCUT2D eigenvalue weighted by atomic mass is 16.5. The maximum absolute atomic E-state index is 5.26. The quantitative estimate of drug-likeness (QED) is 0.732. The Hall–Kier alpha value is -1.02. The lowest BCUT2D eigenvalue weighted by atomic mass is 9.82. The number of methoxy groups -OCH3 is 1. The van der Waals surface area contributed by atoms with Gasteiger partial charge in [0.1, 0.15) is 5.75 Å². The molecular formula is C15H25NO. The molecule has 0 aromatic heterocycles. The molecule has 0 amide bonds. The number of hydrogen-bond acceptors (Lipinski definition) is 2. The van der Waals surface area contributed by atoms with Crippen LogP contribution in [0.1, 0.15) is 32.8 Å². The standard InChI is InChI=1S/C15H25NO/c1-5-16-10-9-15(2,3)12-13-7-6-8-14(11-13)17-4/h6-8,11,16H,5,9-10,12H2,1-4H3. The Morgan fingerprint density at radius 1 is 1.29 bits per heavy atom. The van der Waals surface area contributed by atoms with Crippen LogP contribution >= 0.6 is 0 Å². The largest absolute Gasteiger partial charge is 0.497 e. The van der Waals surface area contributed by atoms with E-state index in [-0.39, 0.29) is 0 Å². The summed E-state index contributed by atoms with van der Waals surface area (Å²) in [6.07, 6.45) is 2.29. The van der Waals surface area contributed by atoms with Gasteiger partial charge in [-0.1, -0.05) is 32.9 Å². The van der Waals surface area contributed by atoms with Crippen molar-refractivity contribution in [3.8, 4) is 5.75 Å². The molecule has 0 unspecified atom stereocenters. The second-order valence-electron chi connectivity index (χ2n) is 5.30. The normalized spacial score (nSPS) is 11.5. The molecule has 17 heavy (non-hydrogen) atoms. The summed E-state index contributed by atoms with van der Waals surface area (Å²) in [6.45, 7) is 8.94. The molecule has 2 heteroatoms. The van der Waals surface area contributed by atoms with E-state index in [1.807, 2.05) is 6.07 Å². The van der Waals surface area contributed by atoms with Crippen LogP contribution in [-0.2, 0) is 6.42 Å². The molecule has 0 aliphatic carbocycles. The maximum Gasteiger partial charge on any atom is 0.119 e. The van der Waals surface area contributed by atoms with Gasteiger partial charge >= 0.3 is 0 Å². The van der Waals surface area contributed by atoms with Crippen LogP contribution in [0.3, 0.4) is 0 Å². The molecule has 0 heterocycles. The molecule has 0 spiro atoms. The van der Waals surface area contributed by atoms with Crippen molar-refractivity contribution in [2.45, 2.75) is 33.6 Å². The third-order valence-corrected chi connectivity index (χ3v) is 3.05. The van der Waals surface area contributed by atoms with Crippen molar-refractivity contribution in [1.82, 2.24) is 5.32 Å². The third kappa shape index (κ3) is 5.22. The number of nitrogens with one attached hydrogen (secondary N) is 1. The van der Waals surface area contributed by atoms with E-state index in [0.29, 0.717) is 5.41 Å². The molecular weight excluding hydrogens is 210 g/mol. The fraction of sp³-hybridized carbons (Fsp3) is 0.600. The lowest BCUT2D eigenvalue weighted by molar-refractivity contribution is 0.326. The molecule has 1 N–H and O–H groups in total. The molecule has 0 saturated heterocycles. The predicted molar refractivity (Wildman–Crippen MR) is 73.6 cm³/mol. The van der Waals surface area contributed by atoms with Crippen molar-refractivity contribution < 1.29 is 4.74 Å². The van der Waals surface area contributed by atoms with Gasteiger partial charge in [-0.3, -0.25) is 0 Å². The zero-order valence-electron chi connectivity index (χ0n) is 11.5. The molecule has 1 aromatic rings. The third-order valence-electron chi connectivity index (χ3n) is 3.05. The Balaban J connectivity index is 2.55. The van der Waals surface area contributed by atoms with Crippen LogP contribution in [0.5, 0.6) is 5.75 Å². The summed E-state index contributed by atoms with van der Waals surface area (Å²) >= 11 is 0. The van der Waals surface area contributed by atoms with E-state index in [4.69, 9.17) is 4.74 Å². The zero-order chi connectivity index (χ0) is 12.7. The van der Waals surface area contributed by atoms with Gasteiger partial charge in [-0.05, 0) is 49.0 Å². The minimum absolute atomic E-state index is 0.328. The van der Waals surface area contributed by atoms with Gasteiger partial charge in [0, 0.05) is 0 Å². The molecule has 0 saturated carbocycles. The summed E-state index contributed by atoms with van der Waals surface area (Å²) in [5.41, 5.74) is 1.68. The fourth-order valence-electron chi connectivity index (χ4n) is 2.03. The molecule has 0 atom stereocenters. The first-order chi connectivity index (χ1) is 8.07. The number of hydrogen-bond donors (Lipinski definition) is 1. The van der Waals surface area contributed by atoms with Crippen molar-refractivity contribution in [2.75, 3.05) is 20.2 Å². The highest BCUT2D eigenvalue weighted by Crippen LogP contribution is 2.26. The highest BCUT2D eigenvalue weighted by Gasteiger charge is 2.18. The first kappa shape index (κ1) is 14.0. The van der Waals surface area contributed by atoms with Crippen LogP contribution in [0.2, 0.25) is 0 Å². The topological polar surface area (TPSA) is 21.3 Å². The number of rotatable bonds is 7. The molecule has 0 radical (unpaired) electrons. The second kappa shape index (κ2) is 6.65. The Kier molecular flexibility index (Phi) is 5.49. The summed E-state index contributed by atoms with van der Waals surface area (Å²) in [5, 5.41) is 3.39. The molecule has 1 rings (SSSR count). The van der Waals surface area contributed by atoms with Crippen molar-refractivity contribution >= 4 is 0 Å². The summed E-state index contributed by atoms with van der Waals surface area (Å²) in [5.74, 6) is 0.949. The lowest BCUT2D eigenvalue weighted by Crippen LogP contribution is -2.23. The van der Waals surface area contributed by atoms with Gasteiger partial charge < -0.3 is 10.1 Å². The molecule has 0 aliphatic heterocycles. The van der Waals surface area contributed by atoms with Crippen molar-refractivity contribution in [3.63, 3.8) is 0 Å². The van der Waals surface area contributed by atoms with E-state index >= 15 is 0 Å². The summed E-state index contributed by atoms with van der Waals surface area (Å²) in [7, 11) is 1.72. The van der Waals surface area contributed by atoms with E-state index in [2.05, 4.69) is 44.3 Å². The van der Waals surface area contributed by atoms with E-state index in [1.165, 1.54) is 12.0 Å². The average molecular weight is 235 g/mol. The second-order valence-corrected chi connectivity index (χ2v) is 5.30. The molecule has 0 bridgehead atoms. The monoisotopic (exact) mass is 235 g/mol. The van der Waals surface area contributed by atoms with Crippen molar-refractivity contribution in [1.29, 1.82) is 0 Å². The molecule has 0 aliphatic rings. The van der Waals surface area contributed by atoms with Crippen LogP contribution in [0, 0.1) is 5.41 Å². The smallest absolute Gasteiger partial charge is 0.119 e. The van der Waals surface area contributed by atoms with Gasteiger partial charge in [0.25, 0.3) is 0 Å². The molecule has 96 valence electrons. The van der Waals surface area contributed by atoms with E-state index < -0.39 is 0 Å². The summed E-state index contributed by atoms with van der Waals surface area (Å²) in [4.78, 5) is 0. The van der Waals surface area contributed by atoms with Crippen LogP contribution in [-0.4, -0.2) is 20.2 Å². The van der Waals surface area contributed by atoms with Gasteiger partial charge in [0.15, 0.2) is 0 Å². The number of benzene rings is 1. The van der Waals surface area contributed by atoms with Crippen LogP contribution in [0.4, 0.5) is 0 Å². The maximum atomic E-state index is 5.26. The lowest BCUT2D eigenvalue weighted by Gasteiger charge is -2.25. The highest BCUT2D eigenvalue weighted by molar-refractivity contribution is 5.29. The van der Waals surface area contributed by atoms with Gasteiger partial charge in [0.05, 0.1) is 7.11 Å². The van der Waals surface area contributed by atoms with E-state index in [0.717, 1.165) is 25.3 Å². The number of ether oxygens (including phenoxy) is 1. The van der Waals surface area contributed by atoms with E-state index in [1.54, 1.807) is 7.11 Å². The van der Waals surface area contributed by atoms with Gasteiger partial charge in [-0.15, -0.1) is 0 Å². The predicted octanol–water partition coefficient (Wildman–Crippen LogP) is 3.26. The van der Waals surface area contributed by atoms with Crippen molar-refractivity contribution in [3.05, 3.63) is 29.8 Å². The minimum Gasteiger partial charge on any atom is -0.497 e. The van der Waals surface area contributed by atoms with Crippen LogP contribution in [0.25, 0.3) is 0 Å². The molecule has 1 aromatic carbocycles. The van der Waals surface area contributed by atoms with Crippen LogP contribution < -0.4 is 10.1 Å². The summed E-state index contributed by atoms with van der Waals surface area (Å²) in [6, 6.07) is 8.37. The summed E-state index contributed by atoms with van der Waals surface area (Å²) < 4.78 is 5.26. The van der Waals surface area contributed by atoms with E-state index in [9.17, 15) is 0 Å². The fourth-order valence-corrected chi connectivity index (χ4v) is 2.03. The van der Waals surface area contributed by atoms with Gasteiger partial charge in [-0.2, -0.15) is 0 Å². The van der Waals surface area contributed by atoms with Gasteiger partial charge in [0.2, 0.25) is 0 Å². The first-order valence-corrected chi connectivity index (χ1v) is 6.41. The molecule has 0 fully saturated rings. The molecule has 2 nitrogen and oxygen atoms in total. The minimum atomic E-state index is 0.328. The Morgan fingerprint density at radius 2 is 2.06 bits per heavy atom. The Bertz CT molecular complexity index is 333. The zero-order valence-corrected chi connectivity index (χ0v) is 11.5. The van der Waals surface area contributed by atoms with Crippen LogP contribution in [0.15, 0.2) is 24.3 Å². The van der Waals surface area contributed by atoms with Crippen molar-refractivity contribution in [2.24, 2.45) is 5.41 Å².